The molecule has 0 radical (unpaired) electrons. The molecule has 2 aromatic carbocycles. The number of nitrogens with one attached hydrogen (secondary N) is 1. The second-order valence-electron chi connectivity index (χ2n) is 4.56. The SMILES string of the molecule is COc1ccc(C(=O)N/N=C/C=C/c2ccccc2)cc1OC. The number of nitrogens with zero attached hydrogens (tertiary/aromatic N) is 1. The van der Waals surface area contributed by atoms with Gasteiger partial charge >= 0.3 is 0 Å². The molecule has 1 N–H and O–H groups in total. The highest BCUT2D eigenvalue weighted by molar-refractivity contribution is 5.95. The third-order valence-electron chi connectivity index (χ3n) is 3.06. The fourth-order valence-corrected chi connectivity index (χ4v) is 1.90. The van der Waals surface area contributed by atoms with Gasteiger partial charge in [-0.25, -0.2) is 5.43 Å². The van der Waals surface area contributed by atoms with Crippen LogP contribution in [0.4, 0.5) is 0 Å². The molecule has 23 heavy (non-hydrogen) atoms. The highest BCUT2D eigenvalue weighted by atomic mass is 16.5. The van der Waals surface area contributed by atoms with E-state index in [-0.39, 0.29) is 5.91 Å². The maximum atomic E-state index is 12.0. The number of carbonyl (C=O) groups excluding carboxylic acids is 1. The smallest absolute Gasteiger partial charge is 0.271 e. The third-order valence-corrected chi connectivity index (χ3v) is 3.06. The van der Waals surface area contributed by atoms with Crippen molar-refractivity contribution in [1.29, 1.82) is 0 Å². The van der Waals surface area contributed by atoms with Crippen molar-refractivity contribution in [3.8, 4) is 11.5 Å². The topological polar surface area (TPSA) is 59.9 Å². The van der Waals surface area contributed by atoms with E-state index in [0.29, 0.717) is 17.1 Å². The van der Waals surface area contributed by atoms with Gasteiger partial charge in [0.1, 0.15) is 0 Å². The van der Waals surface area contributed by atoms with Gasteiger partial charge in [-0.2, -0.15) is 5.10 Å². The van der Waals surface area contributed by atoms with Crippen LogP contribution < -0.4 is 14.9 Å². The molecule has 0 fully saturated rings. The average molecular weight is 310 g/mol. The van der Waals surface area contributed by atoms with Crippen molar-refractivity contribution < 1.29 is 14.3 Å². The van der Waals surface area contributed by atoms with Gasteiger partial charge in [-0.05, 0) is 29.8 Å². The first-order chi connectivity index (χ1) is 11.2. The number of amides is 1. The monoisotopic (exact) mass is 310 g/mol. The molecule has 0 aliphatic rings. The van der Waals surface area contributed by atoms with Gasteiger partial charge in [0.2, 0.25) is 0 Å². The van der Waals surface area contributed by atoms with Gasteiger partial charge in [0, 0.05) is 11.8 Å². The van der Waals surface area contributed by atoms with E-state index in [1.54, 1.807) is 31.4 Å². The van der Waals surface area contributed by atoms with Gasteiger partial charge in [0.15, 0.2) is 11.5 Å². The molecular weight excluding hydrogens is 292 g/mol. The number of hydrazone groups is 1. The molecule has 0 saturated heterocycles. The predicted molar refractivity (Wildman–Crippen MR) is 91.0 cm³/mol. The van der Waals surface area contributed by atoms with E-state index in [9.17, 15) is 4.79 Å². The number of allylic oxidation sites excluding steroid dienone is 1. The van der Waals surface area contributed by atoms with Crippen molar-refractivity contribution >= 4 is 18.2 Å². The molecule has 0 unspecified atom stereocenters. The first kappa shape index (κ1) is 16.3. The molecule has 5 nitrogen and oxygen atoms in total. The first-order valence-electron chi connectivity index (χ1n) is 7.01. The van der Waals surface area contributed by atoms with Crippen LogP contribution in [0.25, 0.3) is 6.08 Å². The largest absolute Gasteiger partial charge is 0.493 e. The number of ether oxygens (including phenoxy) is 2. The van der Waals surface area contributed by atoms with Gasteiger partial charge < -0.3 is 9.47 Å². The normalized spacial score (nSPS) is 10.9. The first-order valence-corrected chi connectivity index (χ1v) is 7.01. The number of hydrogen-bond donors (Lipinski definition) is 1. The molecule has 2 aromatic rings. The summed E-state index contributed by atoms with van der Waals surface area (Å²) >= 11 is 0. The lowest BCUT2D eigenvalue weighted by molar-refractivity contribution is 0.0954. The average Bonchev–Trinajstić information content (AvgIpc) is 2.61. The van der Waals surface area contributed by atoms with Crippen LogP contribution in [0.2, 0.25) is 0 Å². The highest BCUT2D eigenvalue weighted by Crippen LogP contribution is 2.27. The van der Waals surface area contributed by atoms with Crippen LogP contribution in [-0.2, 0) is 0 Å². The van der Waals surface area contributed by atoms with Crippen molar-refractivity contribution in [2.45, 2.75) is 0 Å². The molecule has 0 heterocycles. The lowest BCUT2D eigenvalue weighted by Crippen LogP contribution is -2.17. The van der Waals surface area contributed by atoms with Crippen molar-refractivity contribution in [3.63, 3.8) is 0 Å². The molecule has 2 rings (SSSR count). The summed E-state index contributed by atoms with van der Waals surface area (Å²) in [4.78, 5) is 12.0. The summed E-state index contributed by atoms with van der Waals surface area (Å²) in [6, 6.07) is 14.7. The molecule has 1 amide bonds. The second kappa shape index (κ2) is 8.38. The Morgan fingerprint density at radius 3 is 2.48 bits per heavy atom. The summed E-state index contributed by atoms with van der Waals surface area (Å²) < 4.78 is 10.3. The molecular formula is C18H18N2O3. The van der Waals surface area contributed by atoms with E-state index >= 15 is 0 Å². The summed E-state index contributed by atoms with van der Waals surface area (Å²) in [6.07, 6.45) is 5.17. The zero-order valence-corrected chi connectivity index (χ0v) is 13.0. The number of hydrogen-bond acceptors (Lipinski definition) is 4. The molecule has 0 aliphatic carbocycles. The van der Waals surface area contributed by atoms with Crippen LogP contribution in [-0.4, -0.2) is 26.3 Å². The Morgan fingerprint density at radius 2 is 1.78 bits per heavy atom. The summed E-state index contributed by atoms with van der Waals surface area (Å²) in [6.45, 7) is 0. The van der Waals surface area contributed by atoms with E-state index in [2.05, 4.69) is 10.5 Å². The Morgan fingerprint density at radius 1 is 1.04 bits per heavy atom. The zero-order chi connectivity index (χ0) is 16.5. The lowest BCUT2D eigenvalue weighted by atomic mass is 10.2. The molecule has 0 spiro atoms. The summed E-state index contributed by atoms with van der Waals surface area (Å²) in [5.74, 6) is 0.738. The fraction of sp³-hybridized carbons (Fsp3) is 0.111. The predicted octanol–water partition coefficient (Wildman–Crippen LogP) is 3.13. The van der Waals surface area contributed by atoms with Crippen molar-refractivity contribution in [2.24, 2.45) is 5.10 Å². The molecule has 0 bridgehead atoms. The van der Waals surface area contributed by atoms with Crippen LogP contribution in [0.15, 0.2) is 59.7 Å². The maximum absolute atomic E-state index is 12.0. The Labute approximate surface area is 135 Å². The van der Waals surface area contributed by atoms with Crippen LogP contribution in [0, 0.1) is 0 Å². The highest BCUT2D eigenvalue weighted by Gasteiger charge is 2.09. The Balaban J connectivity index is 1.94. The number of benzene rings is 2. The van der Waals surface area contributed by atoms with Crippen molar-refractivity contribution in [2.75, 3.05) is 14.2 Å². The molecule has 0 aliphatic heterocycles. The number of methoxy groups -OCH3 is 2. The van der Waals surface area contributed by atoms with Gasteiger partial charge in [-0.15, -0.1) is 0 Å². The van der Waals surface area contributed by atoms with Crippen LogP contribution >= 0.6 is 0 Å². The van der Waals surface area contributed by atoms with Gasteiger partial charge in [0.05, 0.1) is 14.2 Å². The Bertz CT molecular complexity index is 709. The molecule has 0 atom stereocenters. The van der Waals surface area contributed by atoms with E-state index in [1.807, 2.05) is 36.4 Å². The Hall–Kier alpha value is -3.08. The zero-order valence-electron chi connectivity index (χ0n) is 13.0. The minimum atomic E-state index is -0.324. The second-order valence-corrected chi connectivity index (χ2v) is 4.56. The third kappa shape index (κ3) is 4.71. The minimum absolute atomic E-state index is 0.324. The minimum Gasteiger partial charge on any atom is -0.493 e. The number of carbonyl (C=O) groups is 1. The van der Waals surface area contributed by atoms with Gasteiger partial charge in [-0.3, -0.25) is 4.79 Å². The standard InChI is InChI=1S/C18H18N2O3/c1-22-16-11-10-15(13-17(16)23-2)18(21)20-19-12-6-9-14-7-4-3-5-8-14/h3-13H,1-2H3,(H,20,21)/b9-6+,19-12+. The quantitative estimate of drug-likeness (QED) is 0.658. The number of rotatable bonds is 6. The van der Waals surface area contributed by atoms with Crippen LogP contribution in [0.3, 0.4) is 0 Å². The van der Waals surface area contributed by atoms with E-state index in [1.165, 1.54) is 13.3 Å². The van der Waals surface area contributed by atoms with E-state index in [4.69, 9.17) is 9.47 Å². The molecule has 0 saturated carbocycles. The van der Waals surface area contributed by atoms with Crippen molar-refractivity contribution in [1.82, 2.24) is 5.43 Å². The van der Waals surface area contributed by atoms with E-state index in [0.717, 1.165) is 5.56 Å². The molecule has 118 valence electrons. The van der Waals surface area contributed by atoms with Crippen LogP contribution in [0.5, 0.6) is 11.5 Å². The van der Waals surface area contributed by atoms with Crippen molar-refractivity contribution in [3.05, 3.63) is 65.7 Å². The maximum Gasteiger partial charge on any atom is 0.271 e. The van der Waals surface area contributed by atoms with Gasteiger partial charge in [-0.1, -0.05) is 36.4 Å². The summed E-state index contributed by atoms with van der Waals surface area (Å²) in [5, 5.41) is 3.88. The van der Waals surface area contributed by atoms with Crippen LogP contribution in [0.1, 0.15) is 15.9 Å². The molecule has 0 aromatic heterocycles. The van der Waals surface area contributed by atoms with Gasteiger partial charge in [0.25, 0.3) is 5.91 Å². The fourth-order valence-electron chi connectivity index (χ4n) is 1.90. The van der Waals surface area contributed by atoms with E-state index < -0.39 is 0 Å². The summed E-state index contributed by atoms with van der Waals surface area (Å²) in [7, 11) is 3.06. The molecule has 5 heteroatoms. The Kier molecular flexibility index (Phi) is 5.94. The summed E-state index contributed by atoms with van der Waals surface area (Å²) in [5.41, 5.74) is 3.95. The lowest BCUT2D eigenvalue weighted by Gasteiger charge is -2.08.